The van der Waals surface area contributed by atoms with E-state index in [9.17, 15) is 4.79 Å². The molecule has 1 saturated carbocycles. The van der Waals surface area contributed by atoms with Crippen LogP contribution in [-0.2, 0) is 7.05 Å². The number of aromatic nitrogens is 2. The van der Waals surface area contributed by atoms with Crippen molar-refractivity contribution < 1.29 is 4.79 Å². The van der Waals surface area contributed by atoms with Crippen LogP contribution < -0.4 is 5.32 Å². The molecule has 120 valence electrons. The predicted molar refractivity (Wildman–Crippen MR) is 88.2 cm³/mol. The minimum absolute atomic E-state index is 0.128. The van der Waals surface area contributed by atoms with Gasteiger partial charge in [0.2, 0.25) is 0 Å². The standard InChI is InChI=1S/C16H24N4OS/c1-11-5-14(19(2)18-11)15(21)20-9-16(10-20)6-13(8-22-16)17-7-12-3-4-12/h5,12-13,17H,3-4,6-10H2,1-2H3. The van der Waals surface area contributed by atoms with E-state index in [-0.39, 0.29) is 5.91 Å². The molecule has 3 fully saturated rings. The fourth-order valence-corrected chi connectivity index (χ4v) is 5.22. The van der Waals surface area contributed by atoms with Gasteiger partial charge in [0, 0.05) is 31.9 Å². The van der Waals surface area contributed by atoms with E-state index < -0.39 is 0 Å². The van der Waals surface area contributed by atoms with Crippen molar-refractivity contribution in [1.29, 1.82) is 0 Å². The van der Waals surface area contributed by atoms with Crippen LogP contribution in [0.3, 0.4) is 0 Å². The van der Waals surface area contributed by atoms with E-state index in [4.69, 9.17) is 0 Å². The number of hydrogen-bond donors (Lipinski definition) is 1. The van der Waals surface area contributed by atoms with Crippen LogP contribution in [-0.4, -0.2) is 56.8 Å². The monoisotopic (exact) mass is 320 g/mol. The van der Waals surface area contributed by atoms with Gasteiger partial charge in [0.15, 0.2) is 0 Å². The molecule has 1 unspecified atom stereocenters. The smallest absolute Gasteiger partial charge is 0.272 e. The van der Waals surface area contributed by atoms with Gasteiger partial charge in [-0.25, -0.2) is 0 Å². The highest BCUT2D eigenvalue weighted by molar-refractivity contribution is 8.01. The lowest BCUT2D eigenvalue weighted by molar-refractivity contribution is 0.0541. The Bertz CT molecular complexity index is 589. The fourth-order valence-electron chi connectivity index (χ4n) is 3.62. The van der Waals surface area contributed by atoms with E-state index in [1.54, 1.807) is 4.68 Å². The number of nitrogens with zero attached hydrogens (tertiary/aromatic N) is 3. The minimum Gasteiger partial charge on any atom is -0.334 e. The summed E-state index contributed by atoms with van der Waals surface area (Å²) in [4.78, 5) is 14.5. The van der Waals surface area contributed by atoms with Crippen molar-refractivity contribution in [3.05, 3.63) is 17.5 Å². The van der Waals surface area contributed by atoms with Crippen LogP contribution in [0.15, 0.2) is 6.07 Å². The first-order valence-corrected chi connectivity index (χ1v) is 9.20. The molecule has 6 heteroatoms. The Morgan fingerprint density at radius 3 is 2.91 bits per heavy atom. The summed E-state index contributed by atoms with van der Waals surface area (Å²) < 4.78 is 2.01. The van der Waals surface area contributed by atoms with Gasteiger partial charge in [-0.1, -0.05) is 0 Å². The number of likely N-dealkylation sites (tertiary alicyclic amines) is 1. The molecule has 0 aromatic carbocycles. The molecule has 1 atom stereocenters. The quantitative estimate of drug-likeness (QED) is 0.912. The number of hydrogen-bond acceptors (Lipinski definition) is 4. The highest BCUT2D eigenvalue weighted by Crippen LogP contribution is 2.45. The van der Waals surface area contributed by atoms with E-state index in [0.29, 0.717) is 16.5 Å². The van der Waals surface area contributed by atoms with Gasteiger partial charge in [0.05, 0.1) is 10.4 Å². The Morgan fingerprint density at radius 2 is 2.27 bits per heavy atom. The van der Waals surface area contributed by atoms with Crippen molar-refractivity contribution in [3.63, 3.8) is 0 Å². The Morgan fingerprint density at radius 1 is 1.50 bits per heavy atom. The van der Waals surface area contributed by atoms with Crippen molar-refractivity contribution >= 4 is 17.7 Å². The third-order valence-electron chi connectivity index (χ3n) is 5.07. The molecular formula is C16H24N4OS. The van der Waals surface area contributed by atoms with Crippen LogP contribution in [0.25, 0.3) is 0 Å². The molecule has 1 aliphatic carbocycles. The molecule has 1 amide bonds. The van der Waals surface area contributed by atoms with Crippen molar-refractivity contribution in [2.45, 2.75) is 37.0 Å². The number of amides is 1. The van der Waals surface area contributed by atoms with Crippen LogP contribution in [0.2, 0.25) is 0 Å². The van der Waals surface area contributed by atoms with Gasteiger partial charge in [-0.15, -0.1) is 11.8 Å². The van der Waals surface area contributed by atoms with Crippen molar-refractivity contribution in [1.82, 2.24) is 20.0 Å². The average Bonchev–Trinajstić information content (AvgIpc) is 3.07. The third-order valence-corrected chi connectivity index (χ3v) is 6.67. The summed E-state index contributed by atoms with van der Waals surface area (Å²) in [7, 11) is 1.85. The summed E-state index contributed by atoms with van der Waals surface area (Å²) in [5, 5.41) is 7.99. The highest BCUT2D eigenvalue weighted by atomic mass is 32.2. The summed E-state index contributed by atoms with van der Waals surface area (Å²) in [5.74, 6) is 2.26. The molecule has 2 saturated heterocycles. The second-order valence-electron chi connectivity index (χ2n) is 7.20. The van der Waals surface area contributed by atoms with Gasteiger partial charge >= 0.3 is 0 Å². The molecule has 2 aliphatic heterocycles. The van der Waals surface area contributed by atoms with Crippen LogP contribution in [0.1, 0.15) is 35.4 Å². The van der Waals surface area contributed by atoms with Gasteiger partial charge in [-0.05, 0) is 44.7 Å². The SMILES string of the molecule is Cc1cc(C(=O)N2CC3(CC(NCC4CC4)CS3)C2)n(C)n1. The summed E-state index contributed by atoms with van der Waals surface area (Å²) in [6, 6.07) is 2.52. The van der Waals surface area contributed by atoms with E-state index in [2.05, 4.69) is 22.2 Å². The second kappa shape index (κ2) is 5.27. The van der Waals surface area contributed by atoms with Gasteiger partial charge in [0.25, 0.3) is 5.91 Å². The zero-order valence-corrected chi connectivity index (χ0v) is 14.2. The molecule has 5 nitrogen and oxygen atoms in total. The maximum atomic E-state index is 12.5. The number of carbonyl (C=O) groups excluding carboxylic acids is 1. The number of rotatable bonds is 4. The average molecular weight is 320 g/mol. The largest absolute Gasteiger partial charge is 0.334 e. The highest BCUT2D eigenvalue weighted by Gasteiger charge is 2.50. The Hall–Kier alpha value is -1.01. The molecule has 1 aromatic rings. The van der Waals surface area contributed by atoms with Crippen molar-refractivity contribution in [3.8, 4) is 0 Å². The maximum absolute atomic E-state index is 12.5. The van der Waals surface area contributed by atoms with Gasteiger partial charge in [-0.3, -0.25) is 9.48 Å². The number of nitrogens with one attached hydrogen (secondary N) is 1. The lowest BCUT2D eigenvalue weighted by atomic mass is 9.91. The molecule has 0 bridgehead atoms. The number of carbonyl (C=O) groups is 1. The zero-order chi connectivity index (χ0) is 15.3. The molecule has 22 heavy (non-hydrogen) atoms. The number of aryl methyl sites for hydroxylation is 2. The van der Waals surface area contributed by atoms with Crippen molar-refractivity contribution in [2.24, 2.45) is 13.0 Å². The lowest BCUT2D eigenvalue weighted by Crippen LogP contribution is -2.61. The fraction of sp³-hybridized carbons (Fsp3) is 0.750. The molecule has 1 spiro atoms. The van der Waals surface area contributed by atoms with Crippen LogP contribution in [0, 0.1) is 12.8 Å². The van der Waals surface area contributed by atoms with Crippen LogP contribution in [0.4, 0.5) is 0 Å². The Labute approximate surface area is 135 Å². The van der Waals surface area contributed by atoms with E-state index in [1.807, 2.05) is 24.9 Å². The Kier molecular flexibility index (Phi) is 3.49. The summed E-state index contributed by atoms with van der Waals surface area (Å²) in [6.45, 7) is 4.90. The zero-order valence-electron chi connectivity index (χ0n) is 13.3. The predicted octanol–water partition coefficient (Wildman–Crippen LogP) is 1.43. The first-order valence-electron chi connectivity index (χ1n) is 8.22. The van der Waals surface area contributed by atoms with E-state index >= 15 is 0 Å². The summed E-state index contributed by atoms with van der Waals surface area (Å²) in [5.41, 5.74) is 1.61. The topological polar surface area (TPSA) is 50.2 Å². The minimum atomic E-state index is 0.128. The first-order chi connectivity index (χ1) is 10.5. The molecule has 1 aromatic heterocycles. The molecule has 3 heterocycles. The molecule has 1 N–H and O–H groups in total. The van der Waals surface area contributed by atoms with E-state index in [1.165, 1.54) is 31.6 Å². The number of thioether (sulfide) groups is 1. The van der Waals surface area contributed by atoms with E-state index in [0.717, 1.165) is 24.7 Å². The van der Waals surface area contributed by atoms with Gasteiger partial charge in [0.1, 0.15) is 5.69 Å². The molecule has 3 aliphatic rings. The normalized spacial score (nSPS) is 26.5. The van der Waals surface area contributed by atoms with Gasteiger partial charge in [-0.2, -0.15) is 5.10 Å². The maximum Gasteiger partial charge on any atom is 0.272 e. The van der Waals surface area contributed by atoms with Crippen molar-refractivity contribution in [2.75, 3.05) is 25.4 Å². The second-order valence-corrected chi connectivity index (χ2v) is 8.69. The Balaban J connectivity index is 1.31. The molecule has 0 radical (unpaired) electrons. The van der Waals surface area contributed by atoms with Crippen LogP contribution in [0.5, 0.6) is 0 Å². The summed E-state index contributed by atoms with van der Waals surface area (Å²) in [6.07, 6.45) is 4.02. The van der Waals surface area contributed by atoms with Gasteiger partial charge < -0.3 is 10.2 Å². The first kappa shape index (κ1) is 14.6. The molecule has 4 rings (SSSR count). The summed E-state index contributed by atoms with van der Waals surface area (Å²) >= 11 is 2.06. The molecular weight excluding hydrogens is 296 g/mol. The lowest BCUT2D eigenvalue weighted by Gasteiger charge is -2.47. The van der Waals surface area contributed by atoms with Crippen LogP contribution >= 0.6 is 11.8 Å². The third kappa shape index (κ3) is 2.67.